The Hall–Kier alpha value is -2.38. The lowest BCUT2D eigenvalue weighted by Gasteiger charge is -2.29. The third kappa shape index (κ3) is 5.58. The van der Waals surface area contributed by atoms with Crippen LogP contribution in [0.5, 0.6) is 0 Å². The van der Waals surface area contributed by atoms with E-state index in [9.17, 15) is 18.0 Å². The van der Waals surface area contributed by atoms with E-state index >= 15 is 0 Å². The van der Waals surface area contributed by atoms with Crippen LogP contribution in [0.1, 0.15) is 27.8 Å². The number of nitrogens with zero attached hydrogens (tertiary/aromatic N) is 1. The summed E-state index contributed by atoms with van der Waals surface area (Å²) in [5.74, 6) is -0.844. The van der Waals surface area contributed by atoms with Crippen molar-refractivity contribution in [1.29, 1.82) is 0 Å². The molecule has 2 unspecified atom stereocenters. The molecule has 2 aromatic rings. The summed E-state index contributed by atoms with van der Waals surface area (Å²) in [5.41, 5.74) is 0.416. The molecule has 1 aliphatic heterocycles. The van der Waals surface area contributed by atoms with Crippen molar-refractivity contribution >= 4 is 38.3 Å². The van der Waals surface area contributed by atoms with Gasteiger partial charge in [-0.05, 0) is 31.2 Å². The van der Waals surface area contributed by atoms with Gasteiger partial charge in [0.2, 0.25) is 10.0 Å². The van der Waals surface area contributed by atoms with Crippen LogP contribution in [-0.2, 0) is 14.8 Å². The molecule has 2 atom stereocenters. The van der Waals surface area contributed by atoms with Gasteiger partial charge in [-0.1, -0.05) is 0 Å². The molecule has 12 heteroatoms. The van der Waals surface area contributed by atoms with Gasteiger partial charge in [-0.2, -0.15) is 0 Å². The predicted octanol–water partition coefficient (Wildman–Crippen LogP) is 0.150. The molecule has 0 radical (unpaired) electrons. The number of benzene rings is 1. The number of carbonyl (C=O) groups is 2. The number of hydrogen-bond donors (Lipinski definition) is 4. The van der Waals surface area contributed by atoms with E-state index in [-0.39, 0.29) is 39.3 Å². The van der Waals surface area contributed by atoms with Crippen molar-refractivity contribution in [3.05, 3.63) is 40.9 Å². The lowest BCUT2D eigenvalue weighted by Crippen LogP contribution is -2.50. The van der Waals surface area contributed by atoms with Crippen molar-refractivity contribution in [3.63, 3.8) is 0 Å². The van der Waals surface area contributed by atoms with Crippen LogP contribution in [0.4, 0.5) is 5.13 Å². The molecule has 3 rings (SSSR count). The van der Waals surface area contributed by atoms with E-state index in [1.807, 2.05) is 6.92 Å². The predicted molar refractivity (Wildman–Crippen MR) is 107 cm³/mol. The number of anilines is 1. The van der Waals surface area contributed by atoms with Gasteiger partial charge in [0.05, 0.1) is 23.6 Å². The Morgan fingerprint density at radius 3 is 2.66 bits per heavy atom. The Morgan fingerprint density at radius 1 is 1.31 bits per heavy atom. The fourth-order valence-electron chi connectivity index (χ4n) is 2.68. The molecular weight excluding hydrogens is 418 g/mol. The number of primary sulfonamides is 1. The van der Waals surface area contributed by atoms with Crippen molar-refractivity contribution in [2.45, 2.75) is 24.0 Å². The zero-order valence-corrected chi connectivity index (χ0v) is 17.2. The Bertz CT molecular complexity index is 984. The van der Waals surface area contributed by atoms with Gasteiger partial charge in [-0.15, -0.1) is 11.3 Å². The monoisotopic (exact) mass is 439 g/mol. The number of nitrogens with one attached hydrogen (secondary N) is 3. The van der Waals surface area contributed by atoms with Crippen LogP contribution in [0.2, 0.25) is 0 Å². The molecule has 5 N–H and O–H groups in total. The Morgan fingerprint density at radius 2 is 2.03 bits per heavy atom. The van der Waals surface area contributed by atoms with Crippen LogP contribution >= 0.6 is 11.3 Å². The summed E-state index contributed by atoms with van der Waals surface area (Å²) in [5, 5.41) is 15.5. The Kier molecular flexibility index (Phi) is 6.59. The highest BCUT2D eigenvalue weighted by Gasteiger charge is 2.23. The first kappa shape index (κ1) is 21.3. The second kappa shape index (κ2) is 8.97. The molecule has 0 aliphatic carbocycles. The van der Waals surface area contributed by atoms with Crippen LogP contribution in [-0.4, -0.2) is 57.1 Å². The highest BCUT2D eigenvalue weighted by Crippen LogP contribution is 2.17. The largest absolute Gasteiger partial charge is 0.373 e. The SMILES string of the molecule is CC(NC(=O)c1csc(NC(=O)c2ccc(S(N)(=O)=O)cc2)n1)C1CNCCO1. The number of aromatic nitrogens is 1. The molecule has 0 bridgehead atoms. The minimum atomic E-state index is -3.83. The standard InChI is InChI=1S/C17H21N5O5S2/c1-10(14-8-19-6-7-27-14)20-16(24)13-9-28-17(21-13)22-15(23)11-2-4-12(5-3-11)29(18,25)26/h2-5,9-10,14,19H,6-8H2,1H3,(H,20,24)(H2,18,25,26)(H,21,22,23). The van der Waals surface area contributed by atoms with Crippen LogP contribution in [0, 0.1) is 0 Å². The van der Waals surface area contributed by atoms with Gasteiger partial charge in [0.1, 0.15) is 5.69 Å². The van der Waals surface area contributed by atoms with E-state index in [1.165, 1.54) is 24.3 Å². The maximum Gasteiger partial charge on any atom is 0.271 e. The fourth-order valence-corrected chi connectivity index (χ4v) is 3.88. The molecule has 0 spiro atoms. The zero-order chi connectivity index (χ0) is 21.0. The van der Waals surface area contributed by atoms with Gasteiger partial charge >= 0.3 is 0 Å². The minimum Gasteiger partial charge on any atom is -0.373 e. The molecule has 1 aromatic heterocycles. The molecule has 1 aliphatic rings. The van der Waals surface area contributed by atoms with Crippen molar-refractivity contribution in [3.8, 4) is 0 Å². The summed E-state index contributed by atoms with van der Waals surface area (Å²) in [6.07, 6.45) is -0.120. The van der Waals surface area contributed by atoms with E-state index in [4.69, 9.17) is 9.88 Å². The molecule has 1 aromatic carbocycles. The van der Waals surface area contributed by atoms with Crippen molar-refractivity contribution in [1.82, 2.24) is 15.6 Å². The van der Waals surface area contributed by atoms with Crippen LogP contribution in [0.25, 0.3) is 0 Å². The highest BCUT2D eigenvalue weighted by molar-refractivity contribution is 7.89. The number of hydrogen-bond acceptors (Lipinski definition) is 8. The van der Waals surface area contributed by atoms with E-state index in [0.717, 1.165) is 17.9 Å². The Balaban J connectivity index is 1.59. The normalized spacial score (nSPS) is 18.1. The Labute approximate surface area is 171 Å². The van der Waals surface area contributed by atoms with Crippen molar-refractivity contribution < 1.29 is 22.7 Å². The zero-order valence-electron chi connectivity index (χ0n) is 15.5. The summed E-state index contributed by atoms with van der Waals surface area (Å²) in [7, 11) is -3.83. The van der Waals surface area contributed by atoms with Crippen molar-refractivity contribution in [2.75, 3.05) is 25.0 Å². The first-order valence-corrected chi connectivity index (χ1v) is 11.2. The van der Waals surface area contributed by atoms with Gasteiger partial charge in [0, 0.05) is 24.0 Å². The summed E-state index contributed by atoms with van der Waals surface area (Å²) in [4.78, 5) is 28.7. The van der Waals surface area contributed by atoms with E-state index in [2.05, 4.69) is 20.9 Å². The molecular formula is C17H21N5O5S2. The topological polar surface area (TPSA) is 153 Å². The van der Waals surface area contributed by atoms with Gasteiger partial charge in [0.25, 0.3) is 11.8 Å². The lowest BCUT2D eigenvalue weighted by atomic mass is 10.1. The first-order valence-electron chi connectivity index (χ1n) is 8.77. The van der Waals surface area contributed by atoms with E-state index < -0.39 is 15.9 Å². The molecule has 0 saturated carbocycles. The number of rotatable bonds is 6. The summed E-state index contributed by atoms with van der Waals surface area (Å²) in [6.45, 7) is 3.90. The smallest absolute Gasteiger partial charge is 0.271 e. The third-order valence-corrected chi connectivity index (χ3v) is 5.96. The fraction of sp³-hybridized carbons (Fsp3) is 0.353. The average Bonchev–Trinajstić information content (AvgIpc) is 3.16. The third-order valence-electron chi connectivity index (χ3n) is 4.28. The van der Waals surface area contributed by atoms with Crippen molar-refractivity contribution in [2.24, 2.45) is 5.14 Å². The van der Waals surface area contributed by atoms with Gasteiger partial charge < -0.3 is 15.4 Å². The average molecular weight is 440 g/mol. The van der Waals surface area contributed by atoms with Crippen LogP contribution < -0.4 is 21.1 Å². The maximum atomic E-state index is 12.4. The van der Waals surface area contributed by atoms with E-state index in [0.29, 0.717) is 13.2 Å². The molecule has 2 heterocycles. The number of thiazole rings is 1. The summed E-state index contributed by atoms with van der Waals surface area (Å²) < 4.78 is 28.2. The number of sulfonamides is 1. The molecule has 156 valence electrons. The quantitative estimate of drug-likeness (QED) is 0.500. The second-order valence-corrected chi connectivity index (χ2v) is 8.86. The molecule has 2 amide bonds. The molecule has 1 saturated heterocycles. The number of amides is 2. The number of morpholine rings is 1. The number of nitrogens with two attached hydrogens (primary N) is 1. The van der Waals surface area contributed by atoms with Crippen LogP contribution in [0.15, 0.2) is 34.5 Å². The first-order chi connectivity index (χ1) is 13.7. The maximum absolute atomic E-state index is 12.4. The number of carbonyl (C=O) groups excluding carboxylic acids is 2. The van der Waals surface area contributed by atoms with E-state index in [1.54, 1.807) is 5.38 Å². The van der Waals surface area contributed by atoms with Gasteiger partial charge in [-0.25, -0.2) is 18.5 Å². The lowest BCUT2D eigenvalue weighted by molar-refractivity contribution is 0.00856. The summed E-state index contributed by atoms with van der Waals surface area (Å²) in [6, 6.07) is 4.97. The molecule has 1 fully saturated rings. The highest BCUT2D eigenvalue weighted by atomic mass is 32.2. The second-order valence-electron chi connectivity index (χ2n) is 6.44. The summed E-state index contributed by atoms with van der Waals surface area (Å²) >= 11 is 1.11. The molecule has 10 nitrogen and oxygen atoms in total. The minimum absolute atomic E-state index is 0.0893. The van der Waals surface area contributed by atoms with Crippen LogP contribution in [0.3, 0.4) is 0 Å². The van der Waals surface area contributed by atoms with Gasteiger partial charge in [0.15, 0.2) is 5.13 Å². The number of ether oxygens (including phenoxy) is 1. The van der Waals surface area contributed by atoms with Gasteiger partial charge in [-0.3, -0.25) is 14.9 Å². The molecule has 29 heavy (non-hydrogen) atoms.